The first-order chi connectivity index (χ1) is 8.11. The number of alkyl halides is 1. The number of rotatable bonds is 3. The highest BCUT2D eigenvalue weighted by atomic mass is 79.9. The average Bonchev–Trinajstić information content (AvgIpc) is 2.81. The zero-order valence-corrected chi connectivity index (χ0v) is 11.6. The van der Waals surface area contributed by atoms with Crippen molar-refractivity contribution in [1.82, 2.24) is 4.98 Å². The molecule has 0 N–H and O–H groups in total. The van der Waals surface area contributed by atoms with Gasteiger partial charge in [-0.15, -0.1) is 22.9 Å². The summed E-state index contributed by atoms with van der Waals surface area (Å²) in [5.41, 5.74) is 1.11. The highest BCUT2D eigenvalue weighted by Crippen LogP contribution is 2.27. The summed E-state index contributed by atoms with van der Waals surface area (Å²) in [4.78, 5) is 15.5. The molecule has 0 saturated carbocycles. The van der Waals surface area contributed by atoms with Crippen molar-refractivity contribution in [2.75, 3.05) is 5.88 Å². The van der Waals surface area contributed by atoms with Crippen LogP contribution in [0.5, 0.6) is 0 Å². The number of benzene rings is 1. The Kier molecular flexibility index (Phi) is 3.91. The molecule has 2 nitrogen and oxygen atoms in total. The van der Waals surface area contributed by atoms with Crippen LogP contribution in [0.2, 0.25) is 0 Å². The van der Waals surface area contributed by atoms with Gasteiger partial charge >= 0.3 is 0 Å². The molecule has 1 aromatic heterocycles. The molecular weight excluding hydrogens is 329 g/mol. The molecule has 1 heterocycles. The monoisotopic (exact) mass is 333 g/mol. The third kappa shape index (κ3) is 2.73. The molecule has 0 aliphatic carbocycles. The van der Waals surface area contributed by atoms with Crippen LogP contribution >= 0.6 is 38.9 Å². The number of nitrogens with zero attached hydrogens (tertiary/aromatic N) is 1. The highest BCUT2D eigenvalue weighted by molar-refractivity contribution is 9.10. The third-order valence-corrected chi connectivity index (χ3v) is 3.82. The fraction of sp³-hybridized carbons (Fsp3) is 0.0909. The van der Waals surface area contributed by atoms with Gasteiger partial charge in [0.05, 0.1) is 10.4 Å². The van der Waals surface area contributed by atoms with Crippen molar-refractivity contribution in [2.24, 2.45) is 0 Å². The normalized spacial score (nSPS) is 10.5. The summed E-state index contributed by atoms with van der Waals surface area (Å²) in [6.07, 6.45) is 0. The first-order valence-corrected chi connectivity index (χ1v) is 6.82. The average molecular weight is 335 g/mol. The van der Waals surface area contributed by atoms with Gasteiger partial charge in [-0.2, -0.15) is 0 Å². The van der Waals surface area contributed by atoms with Gasteiger partial charge in [-0.1, -0.05) is 0 Å². The lowest BCUT2D eigenvalue weighted by molar-refractivity contribution is 0.101. The van der Waals surface area contributed by atoms with E-state index in [1.165, 1.54) is 17.4 Å². The van der Waals surface area contributed by atoms with Crippen molar-refractivity contribution >= 4 is 44.7 Å². The Morgan fingerprint density at radius 2 is 2.29 bits per heavy atom. The summed E-state index contributed by atoms with van der Waals surface area (Å²) in [6, 6.07) is 4.60. The van der Waals surface area contributed by atoms with E-state index in [9.17, 15) is 9.18 Å². The van der Waals surface area contributed by atoms with Crippen molar-refractivity contribution in [3.05, 3.63) is 39.6 Å². The summed E-state index contributed by atoms with van der Waals surface area (Å²) >= 11 is 9.88. The number of hydrogen-bond donors (Lipinski definition) is 0. The van der Waals surface area contributed by atoms with Crippen LogP contribution in [-0.4, -0.2) is 16.6 Å². The molecule has 17 heavy (non-hydrogen) atoms. The molecule has 1 aromatic carbocycles. The van der Waals surface area contributed by atoms with Crippen molar-refractivity contribution in [3.8, 4) is 10.6 Å². The van der Waals surface area contributed by atoms with Crippen molar-refractivity contribution in [2.45, 2.75) is 0 Å². The van der Waals surface area contributed by atoms with E-state index in [0.29, 0.717) is 15.2 Å². The topological polar surface area (TPSA) is 30.0 Å². The van der Waals surface area contributed by atoms with Gasteiger partial charge in [-0.25, -0.2) is 9.37 Å². The van der Waals surface area contributed by atoms with E-state index in [-0.39, 0.29) is 17.5 Å². The van der Waals surface area contributed by atoms with Crippen LogP contribution in [0.25, 0.3) is 10.6 Å². The second-order valence-electron chi connectivity index (χ2n) is 3.22. The van der Waals surface area contributed by atoms with E-state index in [0.717, 1.165) is 5.56 Å². The fourth-order valence-electron chi connectivity index (χ4n) is 1.23. The summed E-state index contributed by atoms with van der Waals surface area (Å²) in [7, 11) is 0. The van der Waals surface area contributed by atoms with Crippen molar-refractivity contribution in [3.63, 3.8) is 0 Å². The number of aromatic nitrogens is 1. The summed E-state index contributed by atoms with van der Waals surface area (Å²) in [6.45, 7) is 0. The second kappa shape index (κ2) is 5.25. The number of carbonyl (C=O) groups is 1. The Balaban J connectivity index is 2.37. The Bertz CT molecular complexity index is 572. The molecule has 0 fully saturated rings. The van der Waals surface area contributed by atoms with Crippen LogP contribution < -0.4 is 0 Å². The van der Waals surface area contributed by atoms with Crippen LogP contribution in [0.4, 0.5) is 4.39 Å². The van der Waals surface area contributed by atoms with Crippen LogP contribution in [0.1, 0.15) is 10.5 Å². The van der Waals surface area contributed by atoms with Gasteiger partial charge in [0, 0.05) is 10.9 Å². The van der Waals surface area contributed by atoms with Crippen LogP contribution in [0.15, 0.2) is 28.1 Å². The fourth-order valence-corrected chi connectivity index (χ4v) is 2.57. The zero-order chi connectivity index (χ0) is 12.4. The molecule has 0 aliphatic rings. The SMILES string of the molecule is O=C(CCl)c1csc(-c2ccc(F)c(Br)c2)n1. The molecule has 6 heteroatoms. The van der Waals surface area contributed by atoms with E-state index in [1.807, 2.05) is 0 Å². The summed E-state index contributed by atoms with van der Waals surface area (Å²) in [5, 5.41) is 2.32. The predicted octanol–water partition coefficient (Wildman–Crippen LogP) is 4.13. The maximum atomic E-state index is 13.1. The smallest absolute Gasteiger partial charge is 0.196 e. The molecule has 0 radical (unpaired) electrons. The Labute approximate surface area is 115 Å². The van der Waals surface area contributed by atoms with E-state index >= 15 is 0 Å². The number of halogens is 3. The van der Waals surface area contributed by atoms with Gasteiger partial charge in [0.25, 0.3) is 0 Å². The molecule has 0 saturated heterocycles. The van der Waals surface area contributed by atoms with Gasteiger partial charge in [-0.3, -0.25) is 4.79 Å². The number of ketones is 1. The molecule has 0 unspecified atom stereocenters. The van der Waals surface area contributed by atoms with Gasteiger partial charge in [0.2, 0.25) is 0 Å². The first kappa shape index (κ1) is 12.7. The molecule has 0 aliphatic heterocycles. The minimum atomic E-state index is -0.331. The van der Waals surface area contributed by atoms with Crippen LogP contribution in [-0.2, 0) is 0 Å². The Morgan fingerprint density at radius 3 is 2.94 bits per heavy atom. The first-order valence-electron chi connectivity index (χ1n) is 4.62. The van der Waals surface area contributed by atoms with Gasteiger partial charge < -0.3 is 0 Å². The maximum absolute atomic E-state index is 13.1. The van der Waals surface area contributed by atoms with Gasteiger partial charge in [0.1, 0.15) is 16.5 Å². The quantitative estimate of drug-likeness (QED) is 0.624. The summed E-state index contributed by atoms with van der Waals surface area (Å²) in [5.74, 6) is -0.631. The lowest BCUT2D eigenvalue weighted by Gasteiger charge is -1.98. The lowest BCUT2D eigenvalue weighted by atomic mass is 10.2. The van der Waals surface area contributed by atoms with E-state index < -0.39 is 0 Å². The molecule has 0 amide bonds. The van der Waals surface area contributed by atoms with E-state index in [1.54, 1.807) is 17.5 Å². The van der Waals surface area contributed by atoms with Crippen molar-refractivity contribution < 1.29 is 9.18 Å². The largest absolute Gasteiger partial charge is 0.291 e. The van der Waals surface area contributed by atoms with E-state index in [4.69, 9.17) is 11.6 Å². The number of thiazole rings is 1. The van der Waals surface area contributed by atoms with Gasteiger partial charge in [-0.05, 0) is 34.1 Å². The molecular formula is C11H6BrClFNOS. The molecule has 2 aromatic rings. The highest BCUT2D eigenvalue weighted by Gasteiger charge is 2.11. The maximum Gasteiger partial charge on any atom is 0.196 e. The van der Waals surface area contributed by atoms with Gasteiger partial charge in [0.15, 0.2) is 5.78 Å². The van der Waals surface area contributed by atoms with Crippen LogP contribution in [0.3, 0.4) is 0 Å². The number of carbonyl (C=O) groups excluding carboxylic acids is 1. The van der Waals surface area contributed by atoms with Crippen LogP contribution in [0, 0.1) is 5.82 Å². The molecule has 88 valence electrons. The molecule has 0 bridgehead atoms. The Morgan fingerprint density at radius 1 is 1.53 bits per heavy atom. The van der Waals surface area contributed by atoms with Crippen molar-refractivity contribution in [1.29, 1.82) is 0 Å². The molecule has 0 atom stereocenters. The molecule has 0 spiro atoms. The zero-order valence-electron chi connectivity index (χ0n) is 8.41. The number of hydrogen-bond acceptors (Lipinski definition) is 3. The third-order valence-electron chi connectivity index (χ3n) is 2.08. The minimum absolute atomic E-state index is 0.0870. The van der Waals surface area contributed by atoms with E-state index in [2.05, 4.69) is 20.9 Å². The predicted molar refractivity (Wildman–Crippen MR) is 70.3 cm³/mol. The minimum Gasteiger partial charge on any atom is -0.291 e. The Hall–Kier alpha value is -0.780. The second-order valence-corrected chi connectivity index (χ2v) is 5.20. The number of Topliss-reactive ketones (excluding diaryl/α,β-unsaturated/α-hetero) is 1. The lowest BCUT2D eigenvalue weighted by Crippen LogP contribution is -2.00. The summed E-state index contributed by atoms with van der Waals surface area (Å²) < 4.78 is 13.4. The standard InChI is InChI=1S/C11H6BrClFNOS/c12-7-3-6(1-2-8(7)14)11-15-9(5-17-11)10(16)4-13/h1-3,5H,4H2. The molecule has 2 rings (SSSR count).